The standard InChI is InChI=1S/C20H24O4S/c1-14-17(24-13-15-12-23-15)9-7-11-18(14)25(21,22)19-10-6-5-8-16(19)20(2,3)4/h5-11,15H,12-13H2,1-4H3. The topological polar surface area (TPSA) is 55.9 Å². The van der Waals surface area contributed by atoms with Crippen LogP contribution in [-0.4, -0.2) is 27.7 Å². The Hall–Kier alpha value is -1.85. The Morgan fingerprint density at radius 1 is 1.08 bits per heavy atom. The van der Waals surface area contributed by atoms with Crippen LogP contribution in [0, 0.1) is 6.92 Å². The Bertz CT molecular complexity index is 875. The molecule has 0 spiro atoms. The second kappa shape index (κ2) is 6.46. The molecule has 1 unspecified atom stereocenters. The molecule has 134 valence electrons. The molecule has 2 aromatic rings. The molecule has 5 heteroatoms. The molecule has 0 radical (unpaired) electrons. The van der Waals surface area contributed by atoms with E-state index in [1.165, 1.54) is 0 Å². The highest BCUT2D eigenvalue weighted by molar-refractivity contribution is 7.91. The van der Waals surface area contributed by atoms with Gasteiger partial charge in [0.05, 0.1) is 16.4 Å². The second-order valence-corrected chi connectivity index (χ2v) is 9.28. The van der Waals surface area contributed by atoms with Crippen molar-refractivity contribution in [1.29, 1.82) is 0 Å². The number of benzene rings is 2. The minimum absolute atomic E-state index is 0.126. The van der Waals surface area contributed by atoms with Crippen LogP contribution >= 0.6 is 0 Å². The molecule has 2 aromatic carbocycles. The lowest BCUT2D eigenvalue weighted by atomic mass is 9.87. The number of sulfone groups is 1. The van der Waals surface area contributed by atoms with Crippen molar-refractivity contribution in [3.8, 4) is 5.75 Å². The van der Waals surface area contributed by atoms with Crippen molar-refractivity contribution in [3.05, 3.63) is 53.6 Å². The number of hydrogen-bond acceptors (Lipinski definition) is 4. The van der Waals surface area contributed by atoms with Crippen molar-refractivity contribution in [1.82, 2.24) is 0 Å². The highest BCUT2D eigenvalue weighted by Crippen LogP contribution is 2.35. The van der Waals surface area contributed by atoms with E-state index in [4.69, 9.17) is 9.47 Å². The molecular formula is C20H24O4S. The zero-order chi connectivity index (χ0) is 18.2. The summed E-state index contributed by atoms with van der Waals surface area (Å²) in [7, 11) is -3.64. The summed E-state index contributed by atoms with van der Waals surface area (Å²) >= 11 is 0. The lowest BCUT2D eigenvalue weighted by molar-refractivity contribution is 0.261. The third-order valence-electron chi connectivity index (χ3n) is 4.34. The van der Waals surface area contributed by atoms with Crippen molar-refractivity contribution in [2.45, 2.75) is 49.0 Å². The fourth-order valence-electron chi connectivity index (χ4n) is 2.83. The maximum absolute atomic E-state index is 13.3. The summed E-state index contributed by atoms with van der Waals surface area (Å²) in [5, 5.41) is 0. The maximum Gasteiger partial charge on any atom is 0.207 e. The SMILES string of the molecule is Cc1c(OCC2CO2)cccc1S(=O)(=O)c1ccccc1C(C)(C)C. The highest BCUT2D eigenvalue weighted by Gasteiger charge is 2.29. The van der Waals surface area contributed by atoms with Crippen LogP contribution in [0.2, 0.25) is 0 Å². The van der Waals surface area contributed by atoms with E-state index in [9.17, 15) is 8.42 Å². The summed E-state index contributed by atoms with van der Waals surface area (Å²) < 4.78 is 37.6. The van der Waals surface area contributed by atoms with Gasteiger partial charge in [0.2, 0.25) is 9.84 Å². The van der Waals surface area contributed by atoms with Crippen LogP contribution in [0.4, 0.5) is 0 Å². The van der Waals surface area contributed by atoms with Gasteiger partial charge in [-0.3, -0.25) is 0 Å². The summed E-state index contributed by atoms with van der Waals surface area (Å²) in [6, 6.07) is 12.4. The molecule has 1 saturated heterocycles. The third-order valence-corrected chi connectivity index (χ3v) is 6.29. The molecule has 1 aliphatic heterocycles. The quantitative estimate of drug-likeness (QED) is 0.759. The Balaban J connectivity index is 2.05. The lowest BCUT2D eigenvalue weighted by Crippen LogP contribution is -2.17. The molecule has 0 N–H and O–H groups in total. The number of rotatable bonds is 5. The number of epoxide rings is 1. The van der Waals surface area contributed by atoms with Gasteiger partial charge in [-0.05, 0) is 36.1 Å². The average Bonchev–Trinajstić information content (AvgIpc) is 3.37. The van der Waals surface area contributed by atoms with Gasteiger partial charge < -0.3 is 9.47 Å². The molecule has 0 aliphatic carbocycles. The summed E-state index contributed by atoms with van der Waals surface area (Å²) in [5.41, 5.74) is 1.17. The molecule has 0 saturated carbocycles. The van der Waals surface area contributed by atoms with Crippen LogP contribution in [-0.2, 0) is 20.0 Å². The van der Waals surface area contributed by atoms with Crippen molar-refractivity contribution >= 4 is 9.84 Å². The Morgan fingerprint density at radius 3 is 2.36 bits per heavy atom. The Kier molecular flexibility index (Phi) is 4.64. The average molecular weight is 360 g/mol. The summed E-state index contributed by atoms with van der Waals surface area (Å²) in [6.45, 7) is 8.99. The van der Waals surface area contributed by atoms with E-state index in [0.717, 1.165) is 5.56 Å². The monoisotopic (exact) mass is 360 g/mol. The molecule has 0 amide bonds. The largest absolute Gasteiger partial charge is 0.490 e. The van der Waals surface area contributed by atoms with Gasteiger partial charge in [-0.25, -0.2) is 8.42 Å². The van der Waals surface area contributed by atoms with E-state index in [2.05, 4.69) is 0 Å². The van der Waals surface area contributed by atoms with E-state index >= 15 is 0 Å². The Labute approximate surface area is 149 Å². The third kappa shape index (κ3) is 3.72. The van der Waals surface area contributed by atoms with Gasteiger partial charge in [0.15, 0.2) is 0 Å². The first-order valence-corrected chi connectivity index (χ1v) is 9.88. The van der Waals surface area contributed by atoms with Gasteiger partial charge in [-0.15, -0.1) is 0 Å². The van der Waals surface area contributed by atoms with E-state index in [1.54, 1.807) is 37.3 Å². The fourth-order valence-corrected chi connectivity index (χ4v) is 4.75. The zero-order valence-corrected chi connectivity index (χ0v) is 15.9. The Morgan fingerprint density at radius 2 is 1.72 bits per heavy atom. The van der Waals surface area contributed by atoms with Crippen LogP contribution in [0.1, 0.15) is 31.9 Å². The van der Waals surface area contributed by atoms with E-state index in [1.807, 2.05) is 32.9 Å². The molecule has 1 heterocycles. The minimum atomic E-state index is -3.64. The fraction of sp³-hybridized carbons (Fsp3) is 0.400. The minimum Gasteiger partial charge on any atom is -0.490 e. The number of hydrogen-bond donors (Lipinski definition) is 0. The zero-order valence-electron chi connectivity index (χ0n) is 15.1. The van der Waals surface area contributed by atoms with E-state index < -0.39 is 9.84 Å². The van der Waals surface area contributed by atoms with Gasteiger partial charge in [0.1, 0.15) is 18.5 Å². The lowest BCUT2D eigenvalue weighted by Gasteiger charge is -2.23. The molecule has 25 heavy (non-hydrogen) atoms. The van der Waals surface area contributed by atoms with Crippen LogP contribution in [0.5, 0.6) is 5.75 Å². The molecule has 0 bridgehead atoms. The van der Waals surface area contributed by atoms with E-state index in [0.29, 0.717) is 34.3 Å². The van der Waals surface area contributed by atoms with Gasteiger partial charge >= 0.3 is 0 Å². The molecule has 4 nitrogen and oxygen atoms in total. The van der Waals surface area contributed by atoms with Crippen molar-refractivity contribution in [2.75, 3.05) is 13.2 Å². The van der Waals surface area contributed by atoms with Crippen LogP contribution in [0.15, 0.2) is 52.3 Å². The van der Waals surface area contributed by atoms with E-state index in [-0.39, 0.29) is 11.5 Å². The molecule has 1 fully saturated rings. The van der Waals surface area contributed by atoms with Crippen LogP contribution < -0.4 is 4.74 Å². The second-order valence-electron chi connectivity index (χ2n) is 7.40. The molecule has 1 atom stereocenters. The summed E-state index contributed by atoms with van der Waals surface area (Å²) in [4.78, 5) is 0.645. The highest BCUT2D eigenvalue weighted by atomic mass is 32.2. The first kappa shape index (κ1) is 18.0. The first-order valence-electron chi connectivity index (χ1n) is 8.40. The van der Waals surface area contributed by atoms with Crippen molar-refractivity contribution < 1.29 is 17.9 Å². The van der Waals surface area contributed by atoms with Gasteiger partial charge in [0, 0.05) is 5.56 Å². The molecule has 1 aliphatic rings. The van der Waals surface area contributed by atoms with Gasteiger partial charge in [-0.2, -0.15) is 0 Å². The first-order chi connectivity index (χ1) is 11.7. The number of ether oxygens (including phenoxy) is 2. The van der Waals surface area contributed by atoms with Crippen LogP contribution in [0.3, 0.4) is 0 Å². The summed E-state index contributed by atoms with van der Waals surface area (Å²) in [5.74, 6) is 0.588. The normalized spacial score (nSPS) is 17.4. The molecule has 0 aromatic heterocycles. The van der Waals surface area contributed by atoms with Gasteiger partial charge in [-0.1, -0.05) is 45.0 Å². The van der Waals surface area contributed by atoms with Crippen molar-refractivity contribution in [2.24, 2.45) is 0 Å². The summed E-state index contributed by atoms with van der Waals surface area (Å²) in [6.07, 6.45) is 0.126. The predicted molar refractivity (Wildman–Crippen MR) is 97.0 cm³/mol. The van der Waals surface area contributed by atoms with Gasteiger partial charge in [0.25, 0.3) is 0 Å². The molecular weight excluding hydrogens is 336 g/mol. The predicted octanol–water partition coefficient (Wildman–Crippen LogP) is 3.90. The van der Waals surface area contributed by atoms with Crippen molar-refractivity contribution in [3.63, 3.8) is 0 Å². The molecule has 3 rings (SSSR count). The van der Waals surface area contributed by atoms with Crippen LogP contribution in [0.25, 0.3) is 0 Å². The smallest absolute Gasteiger partial charge is 0.207 e. The maximum atomic E-state index is 13.3.